The molecule has 2 fully saturated rings. The van der Waals surface area contributed by atoms with Crippen molar-refractivity contribution < 1.29 is 5.11 Å². The van der Waals surface area contributed by atoms with E-state index < -0.39 is 0 Å². The van der Waals surface area contributed by atoms with Crippen LogP contribution in [-0.4, -0.2) is 24.3 Å². The predicted molar refractivity (Wildman–Crippen MR) is 71.9 cm³/mol. The molecule has 0 spiro atoms. The lowest BCUT2D eigenvalue weighted by molar-refractivity contribution is 0.104. The number of aliphatic hydroxyl groups excluding tert-OH is 1. The van der Waals surface area contributed by atoms with Gasteiger partial charge in [0.2, 0.25) is 0 Å². The quantitative estimate of drug-likeness (QED) is 0.773. The second-order valence-corrected chi connectivity index (χ2v) is 7.37. The van der Waals surface area contributed by atoms with Crippen molar-refractivity contribution in [1.29, 1.82) is 0 Å². The maximum Gasteiger partial charge on any atom is 0.0434 e. The molecule has 0 amide bonds. The topological polar surface area (TPSA) is 32.3 Å². The Morgan fingerprint density at radius 3 is 2.59 bits per heavy atom. The third kappa shape index (κ3) is 2.26. The Hall–Kier alpha value is -0.0800. The van der Waals surface area contributed by atoms with Gasteiger partial charge in [-0.15, -0.1) is 0 Å². The zero-order chi connectivity index (χ0) is 12.7. The number of fused-ring (bicyclic) bond motifs is 2. The van der Waals surface area contributed by atoms with Crippen LogP contribution >= 0.6 is 0 Å². The molecule has 2 aliphatic rings. The van der Waals surface area contributed by atoms with Crippen molar-refractivity contribution >= 4 is 0 Å². The molecule has 17 heavy (non-hydrogen) atoms. The van der Waals surface area contributed by atoms with Crippen LogP contribution in [0.15, 0.2) is 0 Å². The van der Waals surface area contributed by atoms with Gasteiger partial charge in [-0.3, -0.25) is 0 Å². The van der Waals surface area contributed by atoms with Crippen LogP contribution in [0.1, 0.15) is 53.4 Å². The van der Waals surface area contributed by atoms with Crippen LogP contribution in [0, 0.1) is 22.7 Å². The predicted octanol–water partition coefficient (Wildman–Crippen LogP) is 2.81. The smallest absolute Gasteiger partial charge is 0.0434 e. The molecule has 0 aromatic carbocycles. The Kier molecular flexibility index (Phi) is 3.57. The van der Waals surface area contributed by atoms with Crippen LogP contribution in [0.5, 0.6) is 0 Å². The molecule has 2 rings (SSSR count). The molecule has 2 heteroatoms. The van der Waals surface area contributed by atoms with E-state index in [1.54, 1.807) is 0 Å². The highest BCUT2D eigenvalue weighted by molar-refractivity contribution is 5.11. The third-order valence-corrected chi connectivity index (χ3v) is 5.56. The molecule has 2 saturated carbocycles. The van der Waals surface area contributed by atoms with Gasteiger partial charge in [0.15, 0.2) is 0 Å². The zero-order valence-corrected chi connectivity index (χ0v) is 11.9. The zero-order valence-electron chi connectivity index (χ0n) is 11.9. The fourth-order valence-electron chi connectivity index (χ4n) is 4.45. The molecule has 2 aliphatic carbocycles. The summed E-state index contributed by atoms with van der Waals surface area (Å²) in [6.45, 7) is 10.9. The first-order valence-electron chi connectivity index (χ1n) is 7.24. The van der Waals surface area contributed by atoms with E-state index in [0.29, 0.717) is 29.4 Å². The van der Waals surface area contributed by atoms with Gasteiger partial charge in [0, 0.05) is 12.6 Å². The van der Waals surface area contributed by atoms with Crippen molar-refractivity contribution in [2.45, 2.75) is 59.4 Å². The van der Waals surface area contributed by atoms with E-state index in [0.717, 1.165) is 18.9 Å². The van der Waals surface area contributed by atoms with Crippen molar-refractivity contribution in [1.82, 2.24) is 5.32 Å². The summed E-state index contributed by atoms with van der Waals surface area (Å²) >= 11 is 0. The van der Waals surface area contributed by atoms with Gasteiger partial charge in [0.1, 0.15) is 0 Å². The molecule has 0 radical (unpaired) electrons. The Labute approximate surface area is 106 Å². The monoisotopic (exact) mass is 239 g/mol. The lowest BCUT2D eigenvalue weighted by Crippen LogP contribution is -2.51. The first-order chi connectivity index (χ1) is 7.90. The fourth-order valence-corrected chi connectivity index (χ4v) is 4.45. The Bertz CT molecular complexity index is 271. The lowest BCUT2D eigenvalue weighted by Gasteiger charge is -2.43. The van der Waals surface area contributed by atoms with Crippen LogP contribution in [0.4, 0.5) is 0 Å². The van der Waals surface area contributed by atoms with Gasteiger partial charge < -0.3 is 10.4 Å². The van der Waals surface area contributed by atoms with Crippen LogP contribution in [0.3, 0.4) is 0 Å². The van der Waals surface area contributed by atoms with E-state index >= 15 is 0 Å². The third-order valence-electron chi connectivity index (χ3n) is 5.56. The van der Waals surface area contributed by atoms with Crippen molar-refractivity contribution in [3.05, 3.63) is 0 Å². The van der Waals surface area contributed by atoms with E-state index in [2.05, 4.69) is 33.0 Å². The summed E-state index contributed by atoms with van der Waals surface area (Å²) < 4.78 is 0. The first-order valence-corrected chi connectivity index (χ1v) is 7.24. The number of nitrogens with one attached hydrogen (secondary N) is 1. The van der Waals surface area contributed by atoms with E-state index in [-0.39, 0.29) is 0 Å². The fraction of sp³-hybridized carbons (Fsp3) is 1.00. The van der Waals surface area contributed by atoms with E-state index in [1.165, 1.54) is 19.3 Å². The molecule has 100 valence electrons. The average Bonchev–Trinajstić information content (AvgIpc) is 2.69. The summed E-state index contributed by atoms with van der Waals surface area (Å²) in [5.74, 6) is 1.50. The number of aliphatic hydroxyl groups is 1. The summed E-state index contributed by atoms with van der Waals surface area (Å²) in [5, 5.41) is 12.8. The van der Waals surface area contributed by atoms with Crippen LogP contribution in [0.25, 0.3) is 0 Å². The Morgan fingerprint density at radius 2 is 2.06 bits per heavy atom. The van der Waals surface area contributed by atoms with Gasteiger partial charge in [-0.2, -0.15) is 0 Å². The summed E-state index contributed by atoms with van der Waals surface area (Å²) in [7, 11) is 0. The second kappa shape index (κ2) is 4.55. The highest BCUT2D eigenvalue weighted by atomic mass is 16.3. The second-order valence-electron chi connectivity index (χ2n) is 7.37. The minimum absolute atomic E-state index is 0.316. The normalized spacial score (nSPS) is 40.8. The Balaban J connectivity index is 1.96. The maximum absolute atomic E-state index is 8.96. The van der Waals surface area contributed by atoms with Gasteiger partial charge in [0.05, 0.1) is 0 Å². The molecule has 2 N–H and O–H groups in total. The van der Waals surface area contributed by atoms with Gasteiger partial charge in [-0.25, -0.2) is 0 Å². The molecule has 2 bridgehead atoms. The minimum Gasteiger partial charge on any atom is -0.396 e. The molecule has 0 saturated heterocycles. The summed E-state index contributed by atoms with van der Waals surface area (Å²) in [5.41, 5.74) is 0.971. The summed E-state index contributed by atoms with van der Waals surface area (Å²) in [4.78, 5) is 0. The van der Waals surface area contributed by atoms with Crippen molar-refractivity contribution in [2.24, 2.45) is 22.7 Å². The highest BCUT2D eigenvalue weighted by Crippen LogP contribution is 2.62. The van der Waals surface area contributed by atoms with Crippen LogP contribution < -0.4 is 5.32 Å². The van der Waals surface area contributed by atoms with E-state index in [1.807, 2.05) is 0 Å². The van der Waals surface area contributed by atoms with Crippen molar-refractivity contribution in [3.63, 3.8) is 0 Å². The lowest BCUT2D eigenvalue weighted by atomic mass is 9.68. The highest BCUT2D eigenvalue weighted by Gasteiger charge is 2.58. The van der Waals surface area contributed by atoms with Gasteiger partial charge in [0.25, 0.3) is 0 Å². The van der Waals surface area contributed by atoms with Gasteiger partial charge in [-0.05, 0) is 54.9 Å². The van der Waals surface area contributed by atoms with Crippen LogP contribution in [0.2, 0.25) is 0 Å². The molecule has 0 aromatic rings. The number of rotatable bonds is 5. The molecule has 0 aromatic heterocycles. The maximum atomic E-state index is 8.96. The van der Waals surface area contributed by atoms with E-state index in [4.69, 9.17) is 5.11 Å². The molecule has 2 nitrogen and oxygen atoms in total. The van der Waals surface area contributed by atoms with Crippen molar-refractivity contribution in [2.75, 3.05) is 13.2 Å². The van der Waals surface area contributed by atoms with Crippen LogP contribution in [-0.2, 0) is 0 Å². The molecule has 4 unspecified atom stereocenters. The summed E-state index contributed by atoms with van der Waals surface area (Å²) in [6.07, 6.45) is 5.15. The average molecular weight is 239 g/mol. The van der Waals surface area contributed by atoms with Crippen molar-refractivity contribution in [3.8, 4) is 0 Å². The molecular formula is C15H29NO. The van der Waals surface area contributed by atoms with E-state index in [9.17, 15) is 0 Å². The summed E-state index contributed by atoms with van der Waals surface area (Å²) in [6, 6.07) is 0.662. The minimum atomic E-state index is 0.316. The largest absolute Gasteiger partial charge is 0.396 e. The molecule has 0 heterocycles. The standard InChI is InChI=1S/C15H29NO/c1-11(6-8-17)10-16-13-14(2,3)12-5-7-15(13,4)9-12/h11-13,16-17H,5-10H2,1-4H3. The number of hydrogen-bond donors (Lipinski definition) is 2. The first kappa shape index (κ1) is 13.4. The Morgan fingerprint density at radius 1 is 1.35 bits per heavy atom. The molecule has 4 atom stereocenters. The number of hydrogen-bond acceptors (Lipinski definition) is 2. The van der Waals surface area contributed by atoms with Gasteiger partial charge >= 0.3 is 0 Å². The van der Waals surface area contributed by atoms with Gasteiger partial charge in [-0.1, -0.05) is 27.7 Å². The molecular weight excluding hydrogens is 210 g/mol. The SMILES string of the molecule is CC(CCO)CNC1C2(C)CCC(C2)C1(C)C. The molecule has 0 aliphatic heterocycles.